The van der Waals surface area contributed by atoms with Crippen molar-refractivity contribution in [3.63, 3.8) is 0 Å². The topological polar surface area (TPSA) is 29.5 Å². The van der Waals surface area contributed by atoms with Crippen LogP contribution in [-0.4, -0.2) is 43.4 Å². The van der Waals surface area contributed by atoms with Crippen molar-refractivity contribution in [1.82, 2.24) is 0 Å². The molecule has 48 heavy (non-hydrogen) atoms. The zero-order chi connectivity index (χ0) is 32.9. The minimum atomic E-state index is -0.718. The molecule has 1 N–H and O–H groups in total. The van der Waals surface area contributed by atoms with Gasteiger partial charge in [0.1, 0.15) is 0 Å². The standard InChI is InChI=1S/C43H43O2P3/c44-31-32-45-33-43(34-46(37-19-7-1-8-20-37)38-21-9-2-10-22-38,35-47(39-23-11-3-12-24-39)40-25-13-4-14-26-40)36-48(41-27-15-5-16-28-41)42-29-17-6-18-30-42/h1-30,44H,31-36H2. The molecule has 6 aromatic carbocycles. The summed E-state index contributed by atoms with van der Waals surface area (Å²) in [7, 11) is -2.15. The molecule has 0 bridgehead atoms. The van der Waals surface area contributed by atoms with Crippen molar-refractivity contribution in [2.45, 2.75) is 0 Å². The summed E-state index contributed by atoms with van der Waals surface area (Å²) in [5.41, 5.74) is -0.207. The zero-order valence-corrected chi connectivity index (χ0v) is 29.9. The molecule has 6 aromatic rings. The SMILES string of the molecule is OCCOCC(CP(c1ccccc1)c1ccccc1)(CP(c1ccccc1)c1ccccc1)CP(c1ccccc1)c1ccccc1. The molecule has 0 fully saturated rings. The van der Waals surface area contributed by atoms with Gasteiger partial charge in [-0.05, 0) is 74.1 Å². The summed E-state index contributed by atoms with van der Waals surface area (Å²) in [5.74, 6) is 0. The lowest BCUT2D eigenvalue weighted by atomic mass is 9.97. The second kappa shape index (κ2) is 17.8. The van der Waals surface area contributed by atoms with Crippen LogP contribution < -0.4 is 31.8 Å². The molecular weight excluding hydrogens is 641 g/mol. The van der Waals surface area contributed by atoms with E-state index in [1.165, 1.54) is 31.8 Å². The first kappa shape index (κ1) is 34.4. The van der Waals surface area contributed by atoms with E-state index in [2.05, 4.69) is 182 Å². The quantitative estimate of drug-likeness (QED) is 0.0852. The Balaban J connectivity index is 1.54. The summed E-state index contributed by atoms with van der Waals surface area (Å²) in [6.07, 6.45) is 2.95. The molecule has 0 aromatic heterocycles. The molecule has 0 atom stereocenters. The molecule has 242 valence electrons. The zero-order valence-electron chi connectivity index (χ0n) is 27.3. The smallest absolute Gasteiger partial charge is 0.0697 e. The molecule has 0 unspecified atom stereocenters. The number of benzene rings is 6. The highest BCUT2D eigenvalue weighted by Gasteiger charge is 2.40. The van der Waals surface area contributed by atoms with Crippen LogP contribution in [0.15, 0.2) is 182 Å². The Bertz CT molecular complexity index is 1430. The minimum absolute atomic E-state index is 0.0144. The number of aliphatic hydroxyl groups excluding tert-OH is 1. The van der Waals surface area contributed by atoms with Crippen LogP contribution in [0.2, 0.25) is 0 Å². The van der Waals surface area contributed by atoms with E-state index in [0.717, 1.165) is 18.5 Å². The lowest BCUT2D eigenvalue weighted by Crippen LogP contribution is -2.42. The van der Waals surface area contributed by atoms with Crippen molar-refractivity contribution in [2.75, 3.05) is 38.3 Å². The average molecular weight is 685 g/mol. The first-order valence-corrected chi connectivity index (χ1v) is 21.1. The fourth-order valence-corrected chi connectivity index (χ4v) is 15.0. The van der Waals surface area contributed by atoms with E-state index in [-0.39, 0.29) is 12.0 Å². The number of rotatable bonds is 16. The van der Waals surface area contributed by atoms with Crippen LogP contribution in [0.3, 0.4) is 0 Å². The van der Waals surface area contributed by atoms with Crippen LogP contribution in [0, 0.1) is 5.41 Å². The predicted molar refractivity (Wildman–Crippen MR) is 212 cm³/mol. The Hall–Kier alpha value is -3.47. The Labute approximate surface area is 290 Å². The van der Waals surface area contributed by atoms with Gasteiger partial charge >= 0.3 is 0 Å². The third-order valence-corrected chi connectivity index (χ3v) is 17.0. The van der Waals surface area contributed by atoms with Gasteiger partial charge in [-0.15, -0.1) is 0 Å². The Morgan fingerprint density at radius 2 is 0.604 bits per heavy atom. The molecule has 0 aliphatic heterocycles. The maximum Gasteiger partial charge on any atom is 0.0697 e. The molecule has 0 saturated carbocycles. The number of hydrogen-bond donors (Lipinski definition) is 1. The van der Waals surface area contributed by atoms with E-state index in [0.29, 0.717) is 13.2 Å². The Morgan fingerprint density at radius 3 is 0.812 bits per heavy atom. The number of hydrogen-bond acceptors (Lipinski definition) is 2. The molecule has 0 spiro atoms. The summed E-state index contributed by atoms with van der Waals surface area (Å²) in [5, 5.41) is 18.3. The highest BCUT2D eigenvalue weighted by atomic mass is 31.1. The van der Waals surface area contributed by atoms with Crippen molar-refractivity contribution in [3.05, 3.63) is 182 Å². The normalized spacial score (nSPS) is 11.8. The van der Waals surface area contributed by atoms with E-state index >= 15 is 0 Å². The molecule has 0 heterocycles. The van der Waals surface area contributed by atoms with Gasteiger partial charge in [-0.25, -0.2) is 0 Å². The van der Waals surface area contributed by atoms with E-state index in [4.69, 9.17) is 4.74 Å². The van der Waals surface area contributed by atoms with Crippen molar-refractivity contribution in [2.24, 2.45) is 5.41 Å². The van der Waals surface area contributed by atoms with E-state index in [1.807, 2.05) is 0 Å². The first-order chi connectivity index (χ1) is 23.7. The Morgan fingerprint density at radius 1 is 0.375 bits per heavy atom. The maximum absolute atomic E-state index is 9.96. The molecule has 0 aliphatic rings. The molecular formula is C43H43O2P3. The lowest BCUT2D eigenvalue weighted by molar-refractivity contribution is 0.0505. The average Bonchev–Trinajstić information content (AvgIpc) is 3.17. The predicted octanol–water partition coefficient (Wildman–Crippen LogP) is 7.38. The van der Waals surface area contributed by atoms with Crippen LogP contribution in [0.5, 0.6) is 0 Å². The van der Waals surface area contributed by atoms with Crippen LogP contribution in [0.4, 0.5) is 0 Å². The highest BCUT2D eigenvalue weighted by molar-refractivity contribution is 7.75. The van der Waals surface area contributed by atoms with Gasteiger partial charge in [0.25, 0.3) is 0 Å². The van der Waals surface area contributed by atoms with Crippen LogP contribution in [0.25, 0.3) is 0 Å². The number of aliphatic hydroxyl groups is 1. The molecule has 0 amide bonds. The summed E-state index contributed by atoms with van der Waals surface area (Å²) >= 11 is 0. The fourth-order valence-electron chi connectivity index (χ4n) is 6.29. The van der Waals surface area contributed by atoms with Gasteiger partial charge in [0.05, 0.1) is 19.8 Å². The third kappa shape index (κ3) is 9.15. The van der Waals surface area contributed by atoms with E-state index in [9.17, 15) is 5.11 Å². The molecule has 0 radical (unpaired) electrons. The molecule has 6 rings (SSSR count). The van der Waals surface area contributed by atoms with Gasteiger partial charge < -0.3 is 9.84 Å². The van der Waals surface area contributed by atoms with Crippen molar-refractivity contribution in [3.8, 4) is 0 Å². The fraction of sp³-hybridized carbons (Fsp3) is 0.163. The van der Waals surface area contributed by atoms with Crippen molar-refractivity contribution in [1.29, 1.82) is 0 Å². The Kier molecular flexibility index (Phi) is 12.7. The van der Waals surface area contributed by atoms with Gasteiger partial charge in [0.2, 0.25) is 0 Å². The van der Waals surface area contributed by atoms with Gasteiger partial charge in [0.15, 0.2) is 0 Å². The van der Waals surface area contributed by atoms with Crippen LogP contribution >= 0.6 is 23.8 Å². The molecule has 0 aliphatic carbocycles. The van der Waals surface area contributed by atoms with Crippen LogP contribution in [0.1, 0.15) is 0 Å². The maximum atomic E-state index is 9.96. The monoisotopic (exact) mass is 684 g/mol. The van der Waals surface area contributed by atoms with Crippen molar-refractivity contribution >= 4 is 55.6 Å². The molecule has 5 heteroatoms. The van der Waals surface area contributed by atoms with Crippen LogP contribution in [-0.2, 0) is 4.74 Å². The second-order valence-corrected chi connectivity index (χ2v) is 18.7. The second-order valence-electron chi connectivity index (χ2n) is 12.0. The lowest BCUT2D eigenvalue weighted by Gasteiger charge is -2.42. The van der Waals surface area contributed by atoms with Crippen molar-refractivity contribution < 1.29 is 9.84 Å². The van der Waals surface area contributed by atoms with Gasteiger partial charge in [-0.2, -0.15) is 0 Å². The summed E-state index contributed by atoms with van der Waals surface area (Å²) in [4.78, 5) is 0. The number of ether oxygens (including phenoxy) is 1. The van der Waals surface area contributed by atoms with Gasteiger partial charge in [-0.1, -0.05) is 182 Å². The summed E-state index contributed by atoms with van der Waals surface area (Å²) in [6, 6.07) is 66.6. The third-order valence-electron chi connectivity index (χ3n) is 8.53. The first-order valence-electron chi connectivity index (χ1n) is 16.6. The minimum Gasteiger partial charge on any atom is -0.394 e. The molecule has 2 nitrogen and oxygen atoms in total. The largest absolute Gasteiger partial charge is 0.394 e. The summed E-state index contributed by atoms with van der Waals surface area (Å²) < 4.78 is 6.55. The summed E-state index contributed by atoms with van der Waals surface area (Å²) in [6.45, 7) is 0.934. The van der Waals surface area contributed by atoms with E-state index < -0.39 is 23.8 Å². The highest BCUT2D eigenvalue weighted by Crippen LogP contribution is 2.52. The molecule has 0 saturated heterocycles. The van der Waals surface area contributed by atoms with Gasteiger partial charge in [-0.3, -0.25) is 0 Å². The van der Waals surface area contributed by atoms with E-state index in [1.54, 1.807) is 0 Å². The van der Waals surface area contributed by atoms with Gasteiger partial charge in [0, 0.05) is 5.41 Å².